The Labute approximate surface area is 104 Å². The molecule has 72 valence electrons. The molecule has 13 heavy (non-hydrogen) atoms. The van der Waals surface area contributed by atoms with Gasteiger partial charge in [-0.3, -0.25) is 9.48 Å². The van der Waals surface area contributed by atoms with Gasteiger partial charge >= 0.3 is 0 Å². The van der Waals surface area contributed by atoms with Crippen molar-refractivity contribution >= 4 is 51.1 Å². The molecule has 0 saturated carbocycles. The Morgan fingerprint density at radius 3 is 2.92 bits per heavy atom. The first-order valence-electron chi connectivity index (χ1n) is 3.68. The number of halogens is 2. The minimum absolute atomic E-state index is 0.0471. The monoisotopic (exact) mass is 405 g/mol. The number of aromatic nitrogens is 2. The van der Waals surface area contributed by atoms with Gasteiger partial charge in [-0.15, -0.1) is 0 Å². The van der Waals surface area contributed by atoms with Crippen molar-refractivity contribution in [1.29, 1.82) is 0 Å². The molecule has 1 amide bonds. The summed E-state index contributed by atoms with van der Waals surface area (Å²) in [6.45, 7) is 0.699. The Bertz CT molecular complexity index is 311. The van der Waals surface area contributed by atoms with E-state index in [9.17, 15) is 4.79 Å². The standard InChI is InChI=1S/C7H9I2N3O/c1-12-6(9)5(4-11-12)7(13)10-3-2-8/h4H,2-3H2,1H3,(H,10,13). The van der Waals surface area contributed by atoms with Crippen LogP contribution in [0, 0.1) is 3.70 Å². The van der Waals surface area contributed by atoms with Crippen molar-refractivity contribution in [3.05, 3.63) is 15.5 Å². The largest absolute Gasteiger partial charge is 0.351 e. The van der Waals surface area contributed by atoms with Crippen molar-refractivity contribution in [2.45, 2.75) is 0 Å². The minimum Gasteiger partial charge on any atom is -0.351 e. The van der Waals surface area contributed by atoms with E-state index in [1.807, 2.05) is 7.05 Å². The summed E-state index contributed by atoms with van der Waals surface area (Å²) in [5, 5.41) is 6.79. The van der Waals surface area contributed by atoms with E-state index in [-0.39, 0.29) is 5.91 Å². The number of hydrogen-bond donors (Lipinski definition) is 1. The molecule has 1 rings (SSSR count). The molecule has 1 N–H and O–H groups in total. The zero-order chi connectivity index (χ0) is 9.84. The third kappa shape index (κ3) is 2.79. The second kappa shape index (κ2) is 5.13. The number of nitrogens with zero attached hydrogens (tertiary/aromatic N) is 2. The summed E-state index contributed by atoms with van der Waals surface area (Å²) in [5.74, 6) is -0.0471. The zero-order valence-electron chi connectivity index (χ0n) is 7.05. The van der Waals surface area contributed by atoms with Crippen LogP contribution in [-0.2, 0) is 7.05 Å². The van der Waals surface area contributed by atoms with E-state index in [2.05, 4.69) is 55.6 Å². The second-order valence-corrected chi connectivity index (χ2v) is 4.52. The van der Waals surface area contributed by atoms with Crippen LogP contribution >= 0.6 is 45.2 Å². The average molecular weight is 405 g/mol. The highest BCUT2D eigenvalue weighted by Crippen LogP contribution is 2.09. The number of alkyl halides is 1. The number of amides is 1. The van der Waals surface area contributed by atoms with Gasteiger partial charge in [-0.25, -0.2) is 0 Å². The lowest BCUT2D eigenvalue weighted by Gasteiger charge is -2.00. The van der Waals surface area contributed by atoms with Gasteiger partial charge in [-0.05, 0) is 22.6 Å². The Morgan fingerprint density at radius 2 is 2.46 bits per heavy atom. The number of carbonyl (C=O) groups is 1. The van der Waals surface area contributed by atoms with Crippen molar-refractivity contribution in [2.75, 3.05) is 11.0 Å². The van der Waals surface area contributed by atoms with Gasteiger partial charge in [-0.2, -0.15) is 5.10 Å². The quantitative estimate of drug-likeness (QED) is 0.607. The maximum atomic E-state index is 11.5. The Morgan fingerprint density at radius 1 is 1.77 bits per heavy atom. The molecule has 0 unspecified atom stereocenters. The van der Waals surface area contributed by atoms with Crippen LogP contribution in [-0.4, -0.2) is 26.7 Å². The van der Waals surface area contributed by atoms with Crippen molar-refractivity contribution < 1.29 is 4.79 Å². The lowest BCUT2D eigenvalue weighted by molar-refractivity contribution is 0.0955. The predicted octanol–water partition coefficient (Wildman–Crippen LogP) is 1.19. The van der Waals surface area contributed by atoms with Crippen molar-refractivity contribution in [2.24, 2.45) is 7.05 Å². The Hall–Kier alpha value is 0.140. The van der Waals surface area contributed by atoms with Crippen molar-refractivity contribution in [3.63, 3.8) is 0 Å². The van der Waals surface area contributed by atoms with E-state index in [4.69, 9.17) is 0 Å². The lowest BCUT2D eigenvalue weighted by Crippen LogP contribution is -2.25. The summed E-state index contributed by atoms with van der Waals surface area (Å²) < 4.78 is 3.46. The molecule has 4 nitrogen and oxygen atoms in total. The van der Waals surface area contributed by atoms with E-state index in [0.29, 0.717) is 12.1 Å². The van der Waals surface area contributed by atoms with Gasteiger partial charge in [0.2, 0.25) is 0 Å². The van der Waals surface area contributed by atoms with Gasteiger partial charge < -0.3 is 5.32 Å². The maximum absolute atomic E-state index is 11.5. The second-order valence-electron chi connectivity index (χ2n) is 2.42. The summed E-state index contributed by atoms with van der Waals surface area (Å²) in [7, 11) is 1.82. The van der Waals surface area contributed by atoms with E-state index in [1.165, 1.54) is 0 Å². The first-order chi connectivity index (χ1) is 6.16. The fourth-order valence-electron chi connectivity index (χ4n) is 0.831. The normalized spacial score (nSPS) is 10.1. The highest BCUT2D eigenvalue weighted by Gasteiger charge is 2.12. The van der Waals surface area contributed by atoms with Crippen LogP contribution in [0.2, 0.25) is 0 Å². The molecule has 1 aromatic heterocycles. The number of aryl methyl sites for hydroxylation is 1. The molecule has 1 aromatic rings. The van der Waals surface area contributed by atoms with E-state index in [0.717, 1.165) is 8.13 Å². The summed E-state index contributed by atoms with van der Waals surface area (Å²) in [5.41, 5.74) is 0.646. The third-order valence-corrected chi connectivity index (χ3v) is 3.31. The smallest absolute Gasteiger partial charge is 0.255 e. The number of carbonyl (C=O) groups excluding carboxylic acids is 1. The molecular weight excluding hydrogens is 396 g/mol. The van der Waals surface area contributed by atoms with E-state index in [1.54, 1.807) is 10.9 Å². The molecule has 0 aliphatic carbocycles. The summed E-state index contributed by atoms with van der Waals surface area (Å²) in [6, 6.07) is 0. The minimum atomic E-state index is -0.0471. The molecule has 0 aliphatic rings. The molecule has 0 fully saturated rings. The van der Waals surface area contributed by atoms with Crippen LogP contribution in [0.3, 0.4) is 0 Å². The summed E-state index contributed by atoms with van der Waals surface area (Å²) in [4.78, 5) is 11.5. The Kier molecular flexibility index (Phi) is 4.42. The van der Waals surface area contributed by atoms with E-state index < -0.39 is 0 Å². The molecule has 0 radical (unpaired) electrons. The molecule has 0 aliphatic heterocycles. The highest BCUT2D eigenvalue weighted by molar-refractivity contribution is 14.1. The highest BCUT2D eigenvalue weighted by atomic mass is 127. The van der Waals surface area contributed by atoms with Gasteiger partial charge in [0.25, 0.3) is 5.91 Å². The van der Waals surface area contributed by atoms with Crippen molar-refractivity contribution in [3.8, 4) is 0 Å². The van der Waals surface area contributed by atoms with Crippen LogP contribution in [0.4, 0.5) is 0 Å². The number of hydrogen-bond acceptors (Lipinski definition) is 2. The predicted molar refractivity (Wildman–Crippen MR) is 67.1 cm³/mol. The molecule has 1 heterocycles. The zero-order valence-corrected chi connectivity index (χ0v) is 11.4. The molecule has 0 spiro atoms. The molecule has 0 aromatic carbocycles. The van der Waals surface area contributed by atoms with E-state index >= 15 is 0 Å². The van der Waals surface area contributed by atoms with Crippen LogP contribution in [0.5, 0.6) is 0 Å². The summed E-state index contributed by atoms with van der Waals surface area (Å²) in [6.07, 6.45) is 1.59. The van der Waals surface area contributed by atoms with Gasteiger partial charge in [0.05, 0.1) is 11.8 Å². The molecular formula is C7H9I2N3O. The fraction of sp³-hybridized carbons (Fsp3) is 0.429. The van der Waals surface area contributed by atoms with Crippen LogP contribution in [0.15, 0.2) is 6.20 Å². The summed E-state index contributed by atoms with van der Waals surface area (Å²) >= 11 is 4.32. The van der Waals surface area contributed by atoms with Crippen molar-refractivity contribution in [1.82, 2.24) is 15.1 Å². The topological polar surface area (TPSA) is 46.9 Å². The van der Waals surface area contributed by atoms with Crippen LogP contribution in [0.1, 0.15) is 10.4 Å². The van der Waals surface area contributed by atoms with Gasteiger partial charge in [0.15, 0.2) is 0 Å². The van der Waals surface area contributed by atoms with Crippen LogP contribution < -0.4 is 5.32 Å². The fourth-order valence-corrected chi connectivity index (χ4v) is 1.61. The Balaban J connectivity index is 2.71. The lowest BCUT2D eigenvalue weighted by atomic mass is 10.3. The third-order valence-electron chi connectivity index (χ3n) is 1.49. The molecule has 0 atom stereocenters. The van der Waals surface area contributed by atoms with Gasteiger partial charge in [0, 0.05) is 18.0 Å². The molecule has 6 heteroatoms. The van der Waals surface area contributed by atoms with Gasteiger partial charge in [0.1, 0.15) is 3.70 Å². The van der Waals surface area contributed by atoms with Crippen LogP contribution in [0.25, 0.3) is 0 Å². The molecule has 0 saturated heterocycles. The average Bonchev–Trinajstić information content (AvgIpc) is 2.44. The van der Waals surface area contributed by atoms with Gasteiger partial charge in [-0.1, -0.05) is 22.6 Å². The number of rotatable bonds is 3. The first-order valence-corrected chi connectivity index (χ1v) is 6.29. The SMILES string of the molecule is Cn1ncc(C(=O)NCCI)c1I. The number of nitrogens with one attached hydrogen (secondary N) is 1. The first kappa shape index (κ1) is 11.2. The maximum Gasteiger partial charge on any atom is 0.255 e. The molecule has 0 bridgehead atoms.